The third kappa shape index (κ3) is 3.85. The average Bonchev–Trinajstić information content (AvgIpc) is 3.04. The van der Waals surface area contributed by atoms with Gasteiger partial charge in [0, 0.05) is 23.9 Å². The first-order valence-electron chi connectivity index (χ1n) is 8.01. The van der Waals surface area contributed by atoms with E-state index in [0.717, 1.165) is 0 Å². The van der Waals surface area contributed by atoms with Gasteiger partial charge in [0.25, 0.3) is 0 Å². The maximum absolute atomic E-state index is 13.0. The second-order valence-corrected chi connectivity index (χ2v) is 10.4. The second-order valence-electron chi connectivity index (χ2n) is 6.37. The molecule has 2 unspecified atom stereocenters. The Morgan fingerprint density at radius 1 is 1.12 bits per heavy atom. The molecule has 2 aliphatic rings. The van der Waals surface area contributed by atoms with Crippen LogP contribution in [0.25, 0.3) is 0 Å². The van der Waals surface area contributed by atoms with Crippen LogP contribution in [0.5, 0.6) is 0 Å². The fraction of sp³-hybridized carbons (Fsp3) is 0.562. The van der Waals surface area contributed by atoms with Gasteiger partial charge in [-0.15, -0.1) is 0 Å². The molecule has 5 nitrogen and oxygen atoms in total. The number of likely N-dealkylation sites (tertiary alicyclic amines) is 1. The summed E-state index contributed by atoms with van der Waals surface area (Å²) in [5.41, 5.74) is 0. The van der Waals surface area contributed by atoms with E-state index in [0.29, 0.717) is 37.2 Å². The highest BCUT2D eigenvalue weighted by atomic mass is 32.2. The van der Waals surface area contributed by atoms with Gasteiger partial charge >= 0.3 is 0 Å². The van der Waals surface area contributed by atoms with Gasteiger partial charge < -0.3 is 4.90 Å². The highest BCUT2D eigenvalue weighted by Gasteiger charge is 2.36. The molecule has 2 heterocycles. The molecule has 8 heteroatoms. The Morgan fingerprint density at radius 2 is 1.75 bits per heavy atom. The van der Waals surface area contributed by atoms with Crippen LogP contribution in [-0.4, -0.2) is 53.3 Å². The lowest BCUT2D eigenvalue weighted by atomic mass is 10.0. The van der Waals surface area contributed by atoms with E-state index in [-0.39, 0.29) is 34.4 Å². The number of benzene rings is 1. The molecule has 0 spiro atoms. The minimum Gasteiger partial charge on any atom is -0.341 e. The molecule has 3 rings (SSSR count). The Kier molecular flexibility index (Phi) is 5.05. The first-order valence-corrected chi connectivity index (χ1v) is 11.0. The van der Waals surface area contributed by atoms with Crippen molar-refractivity contribution in [2.45, 2.75) is 29.4 Å². The van der Waals surface area contributed by atoms with E-state index in [1.54, 1.807) is 4.90 Å². The van der Waals surface area contributed by atoms with Gasteiger partial charge in [0.05, 0.1) is 27.6 Å². The van der Waals surface area contributed by atoms with Crippen molar-refractivity contribution in [2.24, 2.45) is 5.92 Å². The summed E-state index contributed by atoms with van der Waals surface area (Å²) in [4.78, 5) is 14.8. The summed E-state index contributed by atoms with van der Waals surface area (Å²) in [6.45, 7) is 0.950. The molecule has 0 aromatic heterocycles. The molecule has 2 atom stereocenters. The van der Waals surface area contributed by atoms with Crippen molar-refractivity contribution in [3.63, 3.8) is 0 Å². The Bertz CT molecular complexity index is 734. The first-order chi connectivity index (χ1) is 11.4. The van der Waals surface area contributed by atoms with Crippen LogP contribution in [0.2, 0.25) is 0 Å². The third-order valence-corrected chi connectivity index (χ3v) is 8.15. The summed E-state index contributed by atoms with van der Waals surface area (Å²) in [5, 5.41) is -0.160. The molecule has 2 fully saturated rings. The van der Waals surface area contributed by atoms with Gasteiger partial charge in [-0.05, 0) is 43.5 Å². The van der Waals surface area contributed by atoms with Crippen LogP contribution in [-0.2, 0) is 25.4 Å². The second kappa shape index (κ2) is 6.92. The van der Waals surface area contributed by atoms with Crippen LogP contribution in [0.3, 0.4) is 0 Å². The van der Waals surface area contributed by atoms with Crippen molar-refractivity contribution in [1.29, 1.82) is 0 Å². The number of amides is 1. The molecule has 0 bridgehead atoms. The summed E-state index contributed by atoms with van der Waals surface area (Å²) in [6, 6.07) is 5.60. The molecule has 0 N–H and O–H groups in total. The van der Waals surface area contributed by atoms with Gasteiger partial charge in [-0.25, -0.2) is 12.8 Å². The number of hydrogen-bond donors (Lipinski definition) is 0. The van der Waals surface area contributed by atoms with E-state index < -0.39 is 20.6 Å². The van der Waals surface area contributed by atoms with E-state index in [1.807, 2.05) is 0 Å². The highest BCUT2D eigenvalue weighted by Crippen LogP contribution is 2.26. The van der Waals surface area contributed by atoms with Crippen LogP contribution in [0, 0.1) is 11.7 Å². The van der Waals surface area contributed by atoms with Crippen LogP contribution in [0.4, 0.5) is 4.39 Å². The molecule has 132 valence electrons. The number of rotatable bonds is 3. The van der Waals surface area contributed by atoms with Crippen molar-refractivity contribution in [1.82, 2.24) is 4.90 Å². The molecule has 1 amide bonds. The van der Waals surface area contributed by atoms with Gasteiger partial charge in [0.2, 0.25) is 5.91 Å². The Labute approximate surface area is 143 Å². The fourth-order valence-electron chi connectivity index (χ4n) is 3.26. The molecule has 0 saturated carbocycles. The molecular weight excluding hydrogens is 353 g/mol. The van der Waals surface area contributed by atoms with E-state index in [1.165, 1.54) is 24.3 Å². The number of carbonyl (C=O) groups is 1. The van der Waals surface area contributed by atoms with E-state index in [9.17, 15) is 21.8 Å². The number of halogens is 1. The zero-order chi connectivity index (χ0) is 17.3. The lowest BCUT2D eigenvalue weighted by Crippen LogP contribution is -2.39. The summed E-state index contributed by atoms with van der Waals surface area (Å²) >= 11 is 0. The lowest BCUT2D eigenvalue weighted by Gasteiger charge is -2.26. The number of hydrogen-bond acceptors (Lipinski definition) is 4. The van der Waals surface area contributed by atoms with Gasteiger partial charge in [-0.1, -0.05) is 0 Å². The Morgan fingerprint density at radius 3 is 2.38 bits per heavy atom. The minimum absolute atomic E-state index is 0.0245. The zero-order valence-electron chi connectivity index (χ0n) is 13.2. The van der Waals surface area contributed by atoms with E-state index in [2.05, 4.69) is 0 Å². The Balaban J connectivity index is 1.60. The summed E-state index contributed by atoms with van der Waals surface area (Å²) < 4.78 is 48.5. The molecule has 1 aromatic rings. The normalized spacial score (nSPS) is 25.5. The number of nitrogens with zero attached hydrogens (tertiary/aromatic N) is 1. The van der Waals surface area contributed by atoms with Crippen molar-refractivity contribution >= 4 is 26.5 Å². The van der Waals surface area contributed by atoms with Crippen LogP contribution in [0.15, 0.2) is 29.2 Å². The SMILES string of the molecule is O=C(C1CCS(=O)(=O)CC1)N1CCC(S(=O)c2ccc(F)cc2)C1. The quantitative estimate of drug-likeness (QED) is 0.802. The van der Waals surface area contributed by atoms with Gasteiger partial charge in [0.15, 0.2) is 0 Å². The molecule has 1 aromatic carbocycles. The standard InChI is InChI=1S/C16H20FNO4S2/c17-13-1-3-14(4-2-13)23(20)15-5-8-18(11-15)16(19)12-6-9-24(21,22)10-7-12/h1-4,12,15H,5-11H2. The van der Waals surface area contributed by atoms with E-state index >= 15 is 0 Å². The van der Waals surface area contributed by atoms with Crippen LogP contribution < -0.4 is 0 Å². The average molecular weight is 373 g/mol. The predicted molar refractivity (Wildman–Crippen MR) is 89.2 cm³/mol. The molecule has 2 aliphatic heterocycles. The zero-order valence-corrected chi connectivity index (χ0v) is 14.8. The largest absolute Gasteiger partial charge is 0.341 e. The van der Waals surface area contributed by atoms with Crippen molar-refractivity contribution < 1.29 is 21.8 Å². The van der Waals surface area contributed by atoms with Gasteiger partial charge in [0.1, 0.15) is 15.7 Å². The molecule has 0 radical (unpaired) electrons. The maximum atomic E-state index is 13.0. The Hall–Kier alpha value is -1.28. The first kappa shape index (κ1) is 17.5. The third-order valence-electron chi connectivity index (χ3n) is 4.71. The number of sulfone groups is 1. The van der Waals surface area contributed by atoms with E-state index in [4.69, 9.17) is 0 Å². The molecule has 2 saturated heterocycles. The molecule has 0 aliphatic carbocycles. The summed E-state index contributed by atoms with van der Waals surface area (Å²) in [5.74, 6) is -0.494. The van der Waals surface area contributed by atoms with Crippen molar-refractivity contribution in [3.8, 4) is 0 Å². The molecular formula is C16H20FNO4S2. The molecule has 24 heavy (non-hydrogen) atoms. The van der Waals surface area contributed by atoms with Crippen molar-refractivity contribution in [2.75, 3.05) is 24.6 Å². The van der Waals surface area contributed by atoms with Crippen LogP contribution >= 0.6 is 0 Å². The predicted octanol–water partition coefficient (Wildman–Crippen LogP) is 1.36. The lowest BCUT2D eigenvalue weighted by molar-refractivity contribution is -0.134. The topological polar surface area (TPSA) is 71.5 Å². The summed E-state index contributed by atoms with van der Waals surface area (Å²) in [6.07, 6.45) is 1.40. The smallest absolute Gasteiger partial charge is 0.225 e. The van der Waals surface area contributed by atoms with Crippen LogP contribution in [0.1, 0.15) is 19.3 Å². The summed E-state index contributed by atoms with van der Waals surface area (Å²) in [7, 11) is -4.26. The maximum Gasteiger partial charge on any atom is 0.225 e. The fourth-order valence-corrected chi connectivity index (χ4v) is 6.17. The minimum atomic E-state index is -2.99. The number of carbonyl (C=O) groups excluding carboxylic acids is 1. The monoisotopic (exact) mass is 373 g/mol. The van der Waals surface area contributed by atoms with Gasteiger partial charge in [-0.3, -0.25) is 9.00 Å². The van der Waals surface area contributed by atoms with Crippen molar-refractivity contribution in [3.05, 3.63) is 30.1 Å². The highest BCUT2D eigenvalue weighted by molar-refractivity contribution is 7.91. The van der Waals surface area contributed by atoms with Gasteiger partial charge in [-0.2, -0.15) is 0 Å².